The number of anilines is 1. The third-order valence-electron chi connectivity index (χ3n) is 4.75. The largest absolute Gasteiger partial charge is 0.486 e. The molecule has 3 N–H and O–H groups in total. The summed E-state index contributed by atoms with van der Waals surface area (Å²) in [5.41, 5.74) is 2.05. The third-order valence-corrected chi connectivity index (χ3v) is 4.75. The van der Waals surface area contributed by atoms with Crippen LogP contribution in [0.25, 0.3) is 0 Å². The summed E-state index contributed by atoms with van der Waals surface area (Å²) in [7, 11) is 1.48. The van der Waals surface area contributed by atoms with Gasteiger partial charge in [0.25, 0.3) is 11.8 Å². The summed E-state index contributed by atoms with van der Waals surface area (Å²) in [5, 5.41) is 11.6. The van der Waals surface area contributed by atoms with E-state index in [1.807, 2.05) is 19.1 Å². The lowest BCUT2D eigenvalue weighted by molar-refractivity contribution is 0.0955. The number of benzene rings is 1. The first-order valence-electron chi connectivity index (χ1n) is 9.41. The van der Waals surface area contributed by atoms with Gasteiger partial charge in [-0.1, -0.05) is 30.9 Å². The fraction of sp³-hybridized carbons (Fsp3) is 0.227. The van der Waals surface area contributed by atoms with Crippen molar-refractivity contribution in [3.05, 3.63) is 77.7 Å². The number of carbonyl (C=O) groups is 2. The van der Waals surface area contributed by atoms with Crippen molar-refractivity contribution in [2.75, 3.05) is 19.0 Å². The summed E-state index contributed by atoms with van der Waals surface area (Å²) in [4.78, 5) is 25.2. The van der Waals surface area contributed by atoms with Crippen molar-refractivity contribution in [1.82, 2.24) is 15.5 Å². The van der Waals surface area contributed by atoms with Gasteiger partial charge >= 0.3 is 0 Å². The lowest BCUT2D eigenvalue weighted by Crippen LogP contribution is -2.22. The molecular formula is C22H23FN4O3. The lowest BCUT2D eigenvalue weighted by atomic mass is 9.86. The average molecular weight is 410 g/mol. The summed E-state index contributed by atoms with van der Waals surface area (Å²) >= 11 is 0. The number of hydrogen-bond acceptors (Lipinski definition) is 4. The van der Waals surface area contributed by atoms with Gasteiger partial charge in [-0.3, -0.25) is 14.7 Å². The second kappa shape index (κ2) is 9.21. The molecule has 30 heavy (non-hydrogen) atoms. The first-order valence-corrected chi connectivity index (χ1v) is 9.41. The minimum absolute atomic E-state index is 0.165. The number of fused-ring (bicyclic) bond motifs is 1. The first kappa shape index (κ1) is 21.0. The zero-order chi connectivity index (χ0) is 21.7. The standard InChI is InChI=1S/C22H23FN4O3/c1-4-5-6-7-13(2)19-16-8-14(21(28)27-15-11-25-26-12-15)9-17(22(29)24-3)20(16)30-18(19)10-23/h4-9,11-12,18-19H,2,10H2,1,3H3,(H,24,29)(H,25,26)(H,27,28)/b5-4-,7-6-/t18-,19+/m0/s1. The van der Waals surface area contributed by atoms with E-state index < -0.39 is 30.5 Å². The van der Waals surface area contributed by atoms with Crippen LogP contribution in [0.5, 0.6) is 5.75 Å². The van der Waals surface area contributed by atoms with Crippen LogP contribution in [0.4, 0.5) is 10.1 Å². The Labute approximate surface area is 173 Å². The summed E-state index contributed by atoms with van der Waals surface area (Å²) < 4.78 is 19.6. The molecule has 2 atom stereocenters. The van der Waals surface area contributed by atoms with Gasteiger partial charge in [-0.25, -0.2) is 4.39 Å². The number of nitrogens with one attached hydrogen (secondary N) is 3. The second-order valence-electron chi connectivity index (χ2n) is 6.71. The van der Waals surface area contributed by atoms with Gasteiger partial charge in [0.1, 0.15) is 18.5 Å². The summed E-state index contributed by atoms with van der Waals surface area (Å²) in [6.45, 7) is 5.17. The van der Waals surface area contributed by atoms with E-state index in [-0.39, 0.29) is 16.9 Å². The van der Waals surface area contributed by atoms with Crippen molar-refractivity contribution in [3.8, 4) is 5.75 Å². The number of aromatic amines is 1. The van der Waals surface area contributed by atoms with Crippen LogP contribution in [0.1, 0.15) is 39.1 Å². The molecule has 1 aromatic heterocycles. The van der Waals surface area contributed by atoms with Gasteiger partial charge in [0.15, 0.2) is 0 Å². The molecule has 1 aliphatic rings. The van der Waals surface area contributed by atoms with Gasteiger partial charge < -0.3 is 15.4 Å². The van der Waals surface area contributed by atoms with E-state index in [4.69, 9.17) is 4.74 Å². The molecule has 0 bridgehead atoms. The van der Waals surface area contributed by atoms with Crippen molar-refractivity contribution in [3.63, 3.8) is 0 Å². The maximum Gasteiger partial charge on any atom is 0.255 e. The van der Waals surface area contributed by atoms with Crippen LogP contribution in [0, 0.1) is 0 Å². The molecule has 1 aromatic carbocycles. The van der Waals surface area contributed by atoms with Gasteiger partial charge in [-0.2, -0.15) is 5.10 Å². The number of aromatic nitrogens is 2. The van der Waals surface area contributed by atoms with Gasteiger partial charge in [-0.05, 0) is 24.6 Å². The Morgan fingerprint density at radius 1 is 1.33 bits per heavy atom. The monoisotopic (exact) mass is 410 g/mol. The topological polar surface area (TPSA) is 96.1 Å². The number of halogens is 1. The Morgan fingerprint density at radius 3 is 2.77 bits per heavy atom. The highest BCUT2D eigenvalue weighted by Crippen LogP contribution is 2.45. The normalized spacial score (nSPS) is 17.7. The minimum Gasteiger partial charge on any atom is -0.486 e. The van der Waals surface area contributed by atoms with Gasteiger partial charge in [-0.15, -0.1) is 0 Å². The number of ether oxygens (including phenoxy) is 1. The van der Waals surface area contributed by atoms with E-state index in [1.54, 1.807) is 18.2 Å². The smallest absolute Gasteiger partial charge is 0.255 e. The molecule has 0 aliphatic carbocycles. The molecule has 1 aliphatic heterocycles. The van der Waals surface area contributed by atoms with Crippen molar-refractivity contribution < 1.29 is 18.7 Å². The molecule has 0 saturated heterocycles. The molecule has 7 nitrogen and oxygen atoms in total. The predicted molar refractivity (Wildman–Crippen MR) is 113 cm³/mol. The Balaban J connectivity index is 2.07. The van der Waals surface area contributed by atoms with Crippen molar-refractivity contribution in [1.29, 1.82) is 0 Å². The molecule has 0 unspecified atom stereocenters. The zero-order valence-corrected chi connectivity index (χ0v) is 16.7. The highest BCUT2D eigenvalue weighted by atomic mass is 19.1. The number of allylic oxidation sites excluding steroid dienone is 4. The van der Waals surface area contributed by atoms with E-state index in [9.17, 15) is 14.0 Å². The van der Waals surface area contributed by atoms with Crippen molar-refractivity contribution in [2.24, 2.45) is 0 Å². The lowest BCUT2D eigenvalue weighted by Gasteiger charge is -2.16. The van der Waals surface area contributed by atoms with Crippen LogP contribution in [0.2, 0.25) is 0 Å². The molecule has 0 radical (unpaired) electrons. The van der Waals surface area contributed by atoms with Crippen LogP contribution in [-0.4, -0.2) is 41.8 Å². The Kier molecular flexibility index (Phi) is 6.46. The van der Waals surface area contributed by atoms with Gasteiger partial charge in [0.05, 0.1) is 23.4 Å². The molecule has 8 heteroatoms. The summed E-state index contributed by atoms with van der Waals surface area (Å²) in [6, 6.07) is 3.05. The van der Waals surface area contributed by atoms with E-state index in [2.05, 4.69) is 27.4 Å². The van der Waals surface area contributed by atoms with Crippen molar-refractivity contribution >= 4 is 17.5 Å². The Bertz CT molecular complexity index is 1010. The Hall–Kier alpha value is -3.68. The number of H-pyrrole nitrogens is 1. The SMILES string of the molecule is C=C(/C=C\C=C/C)[C@@H]1c2cc(C(=O)Nc3cn[nH]c3)cc(C(=O)NC)c2O[C@H]1CF. The molecule has 2 amide bonds. The highest BCUT2D eigenvalue weighted by molar-refractivity contribution is 6.07. The molecule has 0 spiro atoms. The van der Waals surface area contributed by atoms with Crippen LogP contribution in [0.15, 0.2) is 61.0 Å². The number of hydrogen-bond donors (Lipinski definition) is 3. The number of nitrogens with zero attached hydrogens (tertiary/aromatic N) is 1. The minimum atomic E-state index is -0.835. The fourth-order valence-electron chi connectivity index (χ4n) is 3.34. The zero-order valence-electron chi connectivity index (χ0n) is 16.7. The summed E-state index contributed by atoms with van der Waals surface area (Å²) in [6.07, 6.45) is 9.41. The molecule has 2 aromatic rings. The highest BCUT2D eigenvalue weighted by Gasteiger charge is 2.39. The number of amides is 2. The van der Waals surface area contributed by atoms with Gasteiger partial charge in [0.2, 0.25) is 0 Å². The van der Waals surface area contributed by atoms with E-state index in [1.165, 1.54) is 25.5 Å². The summed E-state index contributed by atoms with van der Waals surface area (Å²) in [5.74, 6) is -1.13. The van der Waals surface area contributed by atoms with Crippen LogP contribution in [0.3, 0.4) is 0 Å². The molecular weight excluding hydrogens is 387 g/mol. The Morgan fingerprint density at radius 2 is 2.13 bits per heavy atom. The molecule has 2 heterocycles. The molecule has 0 saturated carbocycles. The van der Waals surface area contributed by atoms with E-state index in [0.717, 1.165) is 0 Å². The van der Waals surface area contributed by atoms with E-state index in [0.29, 0.717) is 16.8 Å². The number of alkyl halides is 1. The maximum atomic E-state index is 13.8. The number of carbonyl (C=O) groups excluding carboxylic acids is 2. The van der Waals surface area contributed by atoms with Crippen LogP contribution in [-0.2, 0) is 0 Å². The third kappa shape index (κ3) is 4.17. The van der Waals surface area contributed by atoms with Gasteiger partial charge in [0, 0.05) is 24.4 Å². The van der Waals surface area contributed by atoms with Crippen molar-refractivity contribution in [2.45, 2.75) is 18.9 Å². The predicted octanol–water partition coefficient (Wildman–Crippen LogP) is 3.52. The second-order valence-corrected chi connectivity index (χ2v) is 6.71. The molecule has 3 rings (SSSR count). The quantitative estimate of drug-likeness (QED) is 0.609. The molecule has 0 fully saturated rings. The first-order chi connectivity index (χ1) is 14.5. The average Bonchev–Trinajstić information content (AvgIpc) is 3.39. The molecule has 156 valence electrons. The fourth-order valence-corrected chi connectivity index (χ4v) is 3.34. The van der Waals surface area contributed by atoms with Crippen LogP contribution < -0.4 is 15.4 Å². The maximum absolute atomic E-state index is 13.8. The number of rotatable bonds is 7. The van der Waals surface area contributed by atoms with Crippen LogP contribution >= 0.6 is 0 Å². The van der Waals surface area contributed by atoms with E-state index >= 15 is 0 Å².